The maximum Gasteiger partial charge on any atom is 0.305 e. The number of carbonyl (C=O) groups is 2. The van der Waals surface area contributed by atoms with Crippen molar-refractivity contribution in [3.05, 3.63) is 29.8 Å². The molecule has 0 aliphatic heterocycles. The molecular formula is C15H19F2NO3. The van der Waals surface area contributed by atoms with Crippen molar-refractivity contribution in [3.8, 4) is 0 Å². The van der Waals surface area contributed by atoms with Gasteiger partial charge >= 0.3 is 5.97 Å². The van der Waals surface area contributed by atoms with Gasteiger partial charge in [0.25, 0.3) is 0 Å². The van der Waals surface area contributed by atoms with E-state index in [0.29, 0.717) is 12.8 Å². The molecule has 0 aliphatic rings. The molecule has 1 aromatic rings. The summed E-state index contributed by atoms with van der Waals surface area (Å²) in [6.45, 7) is 3.35. The van der Waals surface area contributed by atoms with Crippen LogP contribution in [-0.2, 0) is 9.59 Å². The number of nitrogens with zero attached hydrogens (tertiary/aromatic N) is 1. The normalized spacial score (nSPS) is 10.7. The summed E-state index contributed by atoms with van der Waals surface area (Å²) >= 11 is 0. The molecule has 0 aromatic heterocycles. The monoisotopic (exact) mass is 299 g/mol. The number of amides is 1. The Hall–Kier alpha value is -1.98. The fraction of sp³-hybridized carbons (Fsp3) is 0.467. The SMILES string of the molecule is CCC(CC)C(=O)N(CCC(=O)O)c1c(F)cccc1F. The summed E-state index contributed by atoms with van der Waals surface area (Å²) in [5.41, 5.74) is -0.476. The third-order valence-electron chi connectivity index (χ3n) is 3.36. The van der Waals surface area contributed by atoms with Crippen LogP contribution in [0, 0.1) is 17.6 Å². The molecule has 1 rings (SSSR count). The molecule has 0 heterocycles. The molecule has 0 atom stereocenters. The van der Waals surface area contributed by atoms with Crippen molar-refractivity contribution < 1.29 is 23.5 Å². The first-order chi connectivity index (χ1) is 9.92. The number of rotatable bonds is 7. The van der Waals surface area contributed by atoms with Crippen LogP contribution < -0.4 is 4.90 Å². The van der Waals surface area contributed by atoms with Gasteiger partial charge in [0.2, 0.25) is 5.91 Å². The third-order valence-corrected chi connectivity index (χ3v) is 3.36. The number of para-hydroxylation sites is 1. The standard InChI is InChI=1S/C15H19F2NO3/c1-3-10(4-2)15(21)18(9-8-13(19)20)14-11(16)6-5-7-12(14)17/h5-7,10H,3-4,8-9H2,1-2H3,(H,19,20). The predicted molar refractivity (Wildman–Crippen MR) is 75.0 cm³/mol. The summed E-state index contributed by atoms with van der Waals surface area (Å²) in [7, 11) is 0. The summed E-state index contributed by atoms with van der Waals surface area (Å²) in [4.78, 5) is 24.0. The minimum absolute atomic E-state index is 0.261. The highest BCUT2D eigenvalue weighted by Crippen LogP contribution is 2.26. The number of anilines is 1. The zero-order valence-corrected chi connectivity index (χ0v) is 12.1. The van der Waals surface area contributed by atoms with Crippen molar-refractivity contribution in [2.75, 3.05) is 11.4 Å². The molecule has 6 heteroatoms. The Balaban J connectivity index is 3.18. The van der Waals surface area contributed by atoms with Crippen molar-refractivity contribution in [2.24, 2.45) is 5.92 Å². The van der Waals surface area contributed by atoms with Crippen molar-refractivity contribution in [1.82, 2.24) is 0 Å². The molecular weight excluding hydrogens is 280 g/mol. The number of halogens is 2. The highest BCUT2D eigenvalue weighted by molar-refractivity contribution is 5.95. The van der Waals surface area contributed by atoms with Gasteiger partial charge < -0.3 is 10.0 Å². The Morgan fingerprint density at radius 3 is 2.14 bits per heavy atom. The molecule has 0 bridgehead atoms. The van der Waals surface area contributed by atoms with Gasteiger partial charge in [0, 0.05) is 12.5 Å². The summed E-state index contributed by atoms with van der Waals surface area (Å²) < 4.78 is 27.8. The summed E-state index contributed by atoms with van der Waals surface area (Å²) in [6, 6.07) is 3.30. The van der Waals surface area contributed by atoms with Crippen molar-refractivity contribution >= 4 is 17.6 Å². The van der Waals surface area contributed by atoms with Crippen LogP contribution in [0.15, 0.2) is 18.2 Å². The average molecular weight is 299 g/mol. The zero-order chi connectivity index (χ0) is 16.0. The first kappa shape index (κ1) is 17.1. The van der Waals surface area contributed by atoms with Gasteiger partial charge in [-0.3, -0.25) is 9.59 Å². The lowest BCUT2D eigenvalue weighted by Crippen LogP contribution is -2.38. The molecule has 0 spiro atoms. The van der Waals surface area contributed by atoms with Gasteiger partial charge in [-0.25, -0.2) is 8.78 Å². The molecule has 1 aromatic carbocycles. The van der Waals surface area contributed by atoms with Crippen LogP contribution in [0.2, 0.25) is 0 Å². The van der Waals surface area contributed by atoms with E-state index in [-0.39, 0.29) is 13.0 Å². The van der Waals surface area contributed by atoms with E-state index >= 15 is 0 Å². The van der Waals surface area contributed by atoms with Gasteiger partial charge in [-0.05, 0) is 25.0 Å². The van der Waals surface area contributed by atoms with Gasteiger partial charge in [-0.2, -0.15) is 0 Å². The second-order valence-corrected chi connectivity index (χ2v) is 4.72. The van der Waals surface area contributed by atoms with E-state index in [1.807, 2.05) is 0 Å². The molecule has 0 radical (unpaired) electrons. The largest absolute Gasteiger partial charge is 0.481 e. The number of carboxylic acid groups (broad SMARTS) is 1. The Bertz CT molecular complexity index is 495. The molecule has 0 saturated heterocycles. The predicted octanol–water partition coefficient (Wildman–Crippen LogP) is 3.21. The minimum atomic E-state index is -1.13. The lowest BCUT2D eigenvalue weighted by Gasteiger charge is -2.26. The van der Waals surface area contributed by atoms with Crippen LogP contribution in [0.5, 0.6) is 0 Å². The van der Waals surface area contributed by atoms with E-state index in [2.05, 4.69) is 0 Å². The van der Waals surface area contributed by atoms with Gasteiger partial charge in [0.05, 0.1) is 6.42 Å². The zero-order valence-electron chi connectivity index (χ0n) is 12.1. The van der Waals surface area contributed by atoms with Crippen LogP contribution in [0.3, 0.4) is 0 Å². The summed E-state index contributed by atoms with van der Waals surface area (Å²) in [5.74, 6) is -3.73. The quantitative estimate of drug-likeness (QED) is 0.841. The van der Waals surface area contributed by atoms with Crippen LogP contribution in [0.4, 0.5) is 14.5 Å². The number of hydrogen-bond acceptors (Lipinski definition) is 2. The van der Waals surface area contributed by atoms with Gasteiger partial charge in [0.15, 0.2) is 0 Å². The maximum absolute atomic E-state index is 13.9. The van der Waals surface area contributed by atoms with Gasteiger partial charge in [-0.1, -0.05) is 19.9 Å². The molecule has 1 N–H and O–H groups in total. The molecule has 4 nitrogen and oxygen atoms in total. The third kappa shape index (κ3) is 4.24. The van der Waals surface area contributed by atoms with Crippen LogP contribution in [-0.4, -0.2) is 23.5 Å². The van der Waals surface area contributed by atoms with E-state index in [0.717, 1.165) is 17.0 Å². The van der Waals surface area contributed by atoms with Gasteiger partial charge in [0.1, 0.15) is 17.3 Å². The Kier molecular flexibility index (Phi) is 6.27. The van der Waals surface area contributed by atoms with Crippen LogP contribution in [0.25, 0.3) is 0 Å². The second-order valence-electron chi connectivity index (χ2n) is 4.72. The van der Waals surface area contributed by atoms with Crippen molar-refractivity contribution in [2.45, 2.75) is 33.1 Å². The molecule has 1 amide bonds. The fourth-order valence-electron chi connectivity index (χ4n) is 2.14. The maximum atomic E-state index is 13.9. The Morgan fingerprint density at radius 1 is 1.19 bits per heavy atom. The topological polar surface area (TPSA) is 57.6 Å². The Morgan fingerprint density at radius 2 is 1.71 bits per heavy atom. The first-order valence-corrected chi connectivity index (χ1v) is 6.89. The fourth-order valence-corrected chi connectivity index (χ4v) is 2.14. The van der Waals surface area contributed by atoms with E-state index in [9.17, 15) is 18.4 Å². The minimum Gasteiger partial charge on any atom is -0.481 e. The van der Waals surface area contributed by atoms with E-state index < -0.39 is 35.1 Å². The number of carboxylic acids is 1. The lowest BCUT2D eigenvalue weighted by molar-refractivity contribution is -0.136. The molecule has 0 aliphatic carbocycles. The molecule has 0 fully saturated rings. The van der Waals surface area contributed by atoms with Gasteiger partial charge in [-0.15, -0.1) is 0 Å². The first-order valence-electron chi connectivity index (χ1n) is 6.89. The number of carbonyl (C=O) groups excluding carboxylic acids is 1. The summed E-state index contributed by atoms with van der Waals surface area (Å²) in [5, 5.41) is 8.76. The molecule has 0 saturated carbocycles. The molecule has 0 unspecified atom stereocenters. The highest BCUT2D eigenvalue weighted by Gasteiger charge is 2.27. The van der Waals surface area contributed by atoms with Crippen LogP contribution >= 0.6 is 0 Å². The van der Waals surface area contributed by atoms with Crippen molar-refractivity contribution in [1.29, 1.82) is 0 Å². The molecule has 116 valence electrons. The summed E-state index contributed by atoms with van der Waals surface area (Å²) in [6.07, 6.45) is 0.670. The van der Waals surface area contributed by atoms with Crippen LogP contribution in [0.1, 0.15) is 33.1 Å². The lowest BCUT2D eigenvalue weighted by atomic mass is 10.0. The smallest absolute Gasteiger partial charge is 0.305 e. The van der Waals surface area contributed by atoms with E-state index in [1.165, 1.54) is 6.07 Å². The van der Waals surface area contributed by atoms with E-state index in [4.69, 9.17) is 5.11 Å². The highest BCUT2D eigenvalue weighted by atomic mass is 19.1. The molecule has 21 heavy (non-hydrogen) atoms. The number of aliphatic carboxylic acids is 1. The number of benzene rings is 1. The number of hydrogen-bond donors (Lipinski definition) is 1. The Labute approximate surface area is 122 Å². The second kappa shape index (κ2) is 7.71. The van der Waals surface area contributed by atoms with E-state index in [1.54, 1.807) is 13.8 Å². The van der Waals surface area contributed by atoms with Crippen molar-refractivity contribution in [3.63, 3.8) is 0 Å². The average Bonchev–Trinajstić information content (AvgIpc) is 2.42.